The normalized spacial score (nSPS) is 19.7. The third-order valence-electron chi connectivity index (χ3n) is 4.94. The number of likely N-dealkylation sites (tertiary alicyclic amines) is 1. The molecule has 2 amide bonds. The predicted molar refractivity (Wildman–Crippen MR) is 100 cm³/mol. The van der Waals surface area contributed by atoms with Crippen molar-refractivity contribution in [1.29, 1.82) is 0 Å². The van der Waals surface area contributed by atoms with E-state index < -0.39 is 0 Å². The van der Waals surface area contributed by atoms with Gasteiger partial charge in [-0.1, -0.05) is 30.3 Å². The van der Waals surface area contributed by atoms with Gasteiger partial charge in [-0.25, -0.2) is 0 Å². The van der Waals surface area contributed by atoms with Crippen molar-refractivity contribution in [2.45, 2.75) is 51.1 Å². The van der Waals surface area contributed by atoms with Crippen LogP contribution in [0.2, 0.25) is 0 Å². The van der Waals surface area contributed by atoms with Crippen LogP contribution >= 0.6 is 0 Å². The van der Waals surface area contributed by atoms with E-state index in [0.717, 1.165) is 18.4 Å². The van der Waals surface area contributed by atoms with Crippen molar-refractivity contribution in [3.63, 3.8) is 0 Å². The Bertz CT molecular complexity index is 827. The van der Waals surface area contributed by atoms with Crippen molar-refractivity contribution in [1.82, 2.24) is 15.4 Å². The Hall–Kier alpha value is -2.83. The molecule has 1 fully saturated rings. The molecule has 0 saturated carbocycles. The molecule has 27 heavy (non-hydrogen) atoms. The van der Waals surface area contributed by atoms with Gasteiger partial charge in [-0.2, -0.15) is 5.16 Å². The van der Waals surface area contributed by atoms with Crippen molar-refractivity contribution in [3.8, 4) is 0 Å². The second-order valence-electron chi connectivity index (χ2n) is 6.97. The van der Waals surface area contributed by atoms with E-state index in [2.05, 4.69) is 10.5 Å². The van der Waals surface area contributed by atoms with E-state index in [0.29, 0.717) is 25.1 Å². The van der Waals surface area contributed by atoms with Crippen LogP contribution < -0.4 is 10.9 Å². The van der Waals surface area contributed by atoms with E-state index >= 15 is 0 Å². The molecule has 1 saturated heterocycles. The average Bonchev–Trinajstić information content (AvgIpc) is 3.07. The molecular weight excluding hydrogens is 346 g/mol. The summed E-state index contributed by atoms with van der Waals surface area (Å²) in [5.41, 5.74) is 0.831. The SMILES string of the molecule is CC(=O)N[C@H]1CCCN(C(=O)CCc2cc(=O)[nH]o2)[C@H]1Cc1ccccc1. The molecule has 0 spiro atoms. The van der Waals surface area contributed by atoms with Gasteiger partial charge in [0.15, 0.2) is 0 Å². The van der Waals surface area contributed by atoms with Gasteiger partial charge in [0.1, 0.15) is 5.76 Å². The summed E-state index contributed by atoms with van der Waals surface area (Å²) in [7, 11) is 0. The minimum absolute atomic E-state index is 0.00910. The highest BCUT2D eigenvalue weighted by molar-refractivity contribution is 5.77. The van der Waals surface area contributed by atoms with Crippen molar-refractivity contribution in [2.24, 2.45) is 0 Å². The Morgan fingerprint density at radius 1 is 1.30 bits per heavy atom. The second-order valence-corrected chi connectivity index (χ2v) is 6.97. The van der Waals surface area contributed by atoms with Crippen molar-refractivity contribution in [2.75, 3.05) is 6.54 Å². The molecule has 2 atom stereocenters. The zero-order valence-electron chi connectivity index (χ0n) is 15.4. The van der Waals surface area contributed by atoms with Crippen molar-refractivity contribution >= 4 is 11.8 Å². The van der Waals surface area contributed by atoms with Crippen LogP contribution in [-0.4, -0.2) is 40.5 Å². The van der Waals surface area contributed by atoms with E-state index in [-0.39, 0.29) is 35.9 Å². The van der Waals surface area contributed by atoms with Crippen LogP contribution in [0.25, 0.3) is 0 Å². The Balaban J connectivity index is 1.73. The molecule has 1 aliphatic heterocycles. The molecule has 2 aromatic rings. The summed E-state index contributed by atoms with van der Waals surface area (Å²) in [6.45, 7) is 2.18. The number of aryl methyl sites for hydroxylation is 1. The number of nitrogens with one attached hydrogen (secondary N) is 2. The first-order chi connectivity index (χ1) is 13.0. The number of piperidine rings is 1. The molecule has 0 unspecified atom stereocenters. The van der Waals surface area contributed by atoms with Gasteiger partial charge < -0.3 is 14.7 Å². The van der Waals surface area contributed by atoms with E-state index in [1.54, 1.807) is 0 Å². The van der Waals surface area contributed by atoms with Gasteiger partial charge in [0.25, 0.3) is 5.56 Å². The second kappa shape index (κ2) is 8.70. The minimum Gasteiger partial charge on any atom is -0.384 e. The van der Waals surface area contributed by atoms with Gasteiger partial charge in [0, 0.05) is 38.4 Å². The molecule has 144 valence electrons. The number of rotatable bonds is 6. The molecule has 2 heterocycles. The predicted octanol–water partition coefficient (Wildman–Crippen LogP) is 1.64. The van der Waals surface area contributed by atoms with Crippen LogP contribution in [0.5, 0.6) is 0 Å². The summed E-state index contributed by atoms with van der Waals surface area (Å²) in [5, 5.41) is 5.26. The van der Waals surface area contributed by atoms with E-state index in [1.165, 1.54) is 13.0 Å². The first-order valence-corrected chi connectivity index (χ1v) is 9.31. The van der Waals surface area contributed by atoms with Gasteiger partial charge in [0.2, 0.25) is 11.8 Å². The van der Waals surface area contributed by atoms with Crippen molar-refractivity contribution in [3.05, 3.63) is 58.1 Å². The quantitative estimate of drug-likeness (QED) is 0.807. The number of aromatic nitrogens is 1. The number of hydrogen-bond acceptors (Lipinski definition) is 4. The number of nitrogens with zero attached hydrogens (tertiary/aromatic N) is 1. The molecule has 0 aliphatic carbocycles. The third kappa shape index (κ3) is 5.09. The van der Waals surface area contributed by atoms with Crippen LogP contribution in [0.1, 0.15) is 37.5 Å². The zero-order chi connectivity index (χ0) is 19.2. The Morgan fingerprint density at radius 2 is 2.07 bits per heavy atom. The van der Waals surface area contributed by atoms with Gasteiger partial charge >= 0.3 is 0 Å². The number of amides is 2. The molecule has 2 N–H and O–H groups in total. The highest BCUT2D eigenvalue weighted by Crippen LogP contribution is 2.23. The van der Waals surface area contributed by atoms with E-state index in [9.17, 15) is 14.4 Å². The molecule has 0 bridgehead atoms. The van der Waals surface area contributed by atoms with E-state index in [1.807, 2.05) is 35.2 Å². The Kier molecular flexibility index (Phi) is 6.11. The largest absolute Gasteiger partial charge is 0.384 e. The average molecular weight is 371 g/mol. The molecule has 1 aromatic heterocycles. The highest BCUT2D eigenvalue weighted by atomic mass is 16.5. The van der Waals surface area contributed by atoms with Gasteiger partial charge in [-0.05, 0) is 24.8 Å². The minimum atomic E-state index is -0.303. The maximum Gasteiger partial charge on any atom is 0.280 e. The smallest absolute Gasteiger partial charge is 0.280 e. The number of carbonyl (C=O) groups excluding carboxylic acids is 2. The lowest BCUT2D eigenvalue weighted by Gasteiger charge is -2.42. The lowest BCUT2D eigenvalue weighted by molar-refractivity contribution is -0.136. The molecule has 7 heteroatoms. The van der Waals surface area contributed by atoms with Gasteiger partial charge in [-0.3, -0.25) is 14.4 Å². The maximum absolute atomic E-state index is 12.9. The molecule has 1 aliphatic rings. The monoisotopic (exact) mass is 371 g/mol. The lowest BCUT2D eigenvalue weighted by atomic mass is 9.90. The van der Waals surface area contributed by atoms with Crippen molar-refractivity contribution < 1.29 is 14.1 Å². The first-order valence-electron chi connectivity index (χ1n) is 9.31. The summed E-state index contributed by atoms with van der Waals surface area (Å²) >= 11 is 0. The molecule has 0 radical (unpaired) electrons. The Morgan fingerprint density at radius 3 is 2.74 bits per heavy atom. The fourth-order valence-electron chi connectivity index (χ4n) is 3.72. The number of aromatic amines is 1. The van der Waals surface area contributed by atoms with Crippen LogP contribution in [0, 0.1) is 0 Å². The number of carbonyl (C=O) groups is 2. The number of benzene rings is 1. The summed E-state index contributed by atoms with van der Waals surface area (Å²) in [4.78, 5) is 37.6. The Labute approximate surface area is 157 Å². The molecular formula is C20H25N3O4. The fraction of sp³-hybridized carbons (Fsp3) is 0.450. The summed E-state index contributed by atoms with van der Waals surface area (Å²) < 4.78 is 5.03. The summed E-state index contributed by atoms with van der Waals surface area (Å²) in [5.74, 6) is 0.402. The number of H-pyrrole nitrogens is 1. The highest BCUT2D eigenvalue weighted by Gasteiger charge is 2.34. The molecule has 7 nitrogen and oxygen atoms in total. The summed E-state index contributed by atoms with van der Waals surface area (Å²) in [6.07, 6.45) is 3.03. The third-order valence-corrected chi connectivity index (χ3v) is 4.94. The maximum atomic E-state index is 12.9. The van der Waals surface area contributed by atoms with Crippen LogP contribution in [-0.2, 0) is 22.4 Å². The topological polar surface area (TPSA) is 95.4 Å². The first kappa shape index (κ1) is 18.9. The van der Waals surface area contributed by atoms with Gasteiger partial charge in [-0.15, -0.1) is 0 Å². The number of hydrogen-bond donors (Lipinski definition) is 2. The fourth-order valence-corrected chi connectivity index (χ4v) is 3.72. The van der Waals surface area contributed by atoms with Crippen LogP contribution in [0.4, 0.5) is 0 Å². The van der Waals surface area contributed by atoms with Crippen LogP contribution in [0.3, 0.4) is 0 Å². The molecule has 1 aromatic carbocycles. The standard InChI is InChI=1S/C20H25N3O4/c1-14(24)21-17-8-5-11-23(18(17)12-15-6-3-2-4-7-15)20(26)10-9-16-13-19(25)22-27-16/h2-4,6-7,13,17-18H,5,8-12H2,1H3,(H,21,24)(H,22,25)/t17-,18-/m0/s1. The lowest BCUT2D eigenvalue weighted by Crippen LogP contribution is -2.57. The van der Waals surface area contributed by atoms with E-state index in [4.69, 9.17) is 4.52 Å². The molecule has 3 rings (SSSR count). The van der Waals surface area contributed by atoms with Crippen LogP contribution in [0.15, 0.2) is 45.7 Å². The zero-order valence-corrected chi connectivity index (χ0v) is 15.4. The summed E-state index contributed by atoms with van der Waals surface area (Å²) in [6, 6.07) is 11.2. The van der Waals surface area contributed by atoms with Gasteiger partial charge in [0.05, 0.1) is 6.04 Å².